The summed E-state index contributed by atoms with van der Waals surface area (Å²) in [5.74, 6) is 0. The van der Waals surface area contributed by atoms with Gasteiger partial charge in [0.05, 0.1) is 11.6 Å². The first kappa shape index (κ1) is 10.7. The minimum absolute atomic E-state index is 0.248. The highest BCUT2D eigenvalue weighted by atomic mass is 32.1. The monoisotopic (exact) mass is 199 g/mol. The molecule has 0 aliphatic heterocycles. The van der Waals surface area contributed by atoms with Crippen LogP contribution in [0.2, 0.25) is 0 Å². The molecule has 0 aliphatic rings. The third-order valence-electron chi connectivity index (χ3n) is 2.65. The fourth-order valence-electron chi connectivity index (χ4n) is 1.42. The van der Waals surface area contributed by atoms with Gasteiger partial charge >= 0.3 is 0 Å². The van der Waals surface area contributed by atoms with E-state index in [9.17, 15) is 5.11 Å². The minimum Gasteiger partial charge on any atom is -0.388 e. The lowest BCUT2D eigenvalue weighted by Crippen LogP contribution is -2.39. The first-order valence-electron chi connectivity index (χ1n) is 4.65. The predicted octanol–water partition coefficient (Wildman–Crippen LogP) is 2.30. The maximum atomic E-state index is 10.2. The van der Waals surface area contributed by atoms with Crippen molar-refractivity contribution in [2.24, 2.45) is 5.73 Å². The third kappa shape index (κ3) is 2.10. The van der Waals surface area contributed by atoms with E-state index < -0.39 is 5.60 Å². The van der Waals surface area contributed by atoms with Crippen molar-refractivity contribution in [3.63, 3.8) is 0 Å². The van der Waals surface area contributed by atoms with Crippen LogP contribution in [-0.2, 0) is 0 Å². The molecule has 0 bridgehead atoms. The fraction of sp³-hybridized carbons (Fsp3) is 0.600. The Hall–Kier alpha value is -0.380. The van der Waals surface area contributed by atoms with Gasteiger partial charge in [-0.15, -0.1) is 11.3 Å². The number of thiophene rings is 1. The van der Waals surface area contributed by atoms with E-state index in [1.807, 2.05) is 31.4 Å². The number of rotatable bonds is 4. The summed E-state index contributed by atoms with van der Waals surface area (Å²) in [6.45, 7) is 3.94. The smallest absolute Gasteiger partial charge is 0.0842 e. The summed E-state index contributed by atoms with van der Waals surface area (Å²) in [6, 6.07) is 3.69. The van der Waals surface area contributed by atoms with Crippen molar-refractivity contribution in [3.05, 3.63) is 22.4 Å². The SMILES string of the molecule is CCC(O)(CC)C(N)c1cccs1. The molecule has 0 saturated carbocycles. The second-order valence-electron chi connectivity index (χ2n) is 3.30. The highest BCUT2D eigenvalue weighted by Gasteiger charge is 2.31. The highest BCUT2D eigenvalue weighted by molar-refractivity contribution is 7.10. The molecule has 0 radical (unpaired) electrons. The molecule has 2 nitrogen and oxygen atoms in total. The lowest BCUT2D eigenvalue weighted by atomic mass is 9.88. The second-order valence-corrected chi connectivity index (χ2v) is 4.28. The van der Waals surface area contributed by atoms with Gasteiger partial charge in [0.1, 0.15) is 0 Å². The molecule has 0 aromatic carbocycles. The predicted molar refractivity (Wildman–Crippen MR) is 56.8 cm³/mol. The molecule has 1 atom stereocenters. The lowest BCUT2D eigenvalue weighted by Gasteiger charge is -2.31. The van der Waals surface area contributed by atoms with Crippen LogP contribution < -0.4 is 5.73 Å². The minimum atomic E-state index is -0.745. The maximum Gasteiger partial charge on any atom is 0.0842 e. The molecule has 74 valence electrons. The van der Waals surface area contributed by atoms with E-state index in [1.165, 1.54) is 0 Å². The van der Waals surface area contributed by atoms with Crippen LogP contribution in [0.4, 0.5) is 0 Å². The molecule has 0 fully saturated rings. The van der Waals surface area contributed by atoms with Crippen LogP contribution >= 0.6 is 11.3 Å². The van der Waals surface area contributed by atoms with Gasteiger partial charge in [-0.25, -0.2) is 0 Å². The van der Waals surface area contributed by atoms with Crippen LogP contribution in [0.15, 0.2) is 17.5 Å². The zero-order valence-electron chi connectivity index (χ0n) is 8.16. The van der Waals surface area contributed by atoms with Crippen molar-refractivity contribution in [1.82, 2.24) is 0 Å². The van der Waals surface area contributed by atoms with Gasteiger partial charge in [0, 0.05) is 4.88 Å². The summed E-state index contributed by atoms with van der Waals surface area (Å²) in [7, 11) is 0. The van der Waals surface area contributed by atoms with E-state index in [2.05, 4.69) is 0 Å². The van der Waals surface area contributed by atoms with Gasteiger partial charge in [0.2, 0.25) is 0 Å². The van der Waals surface area contributed by atoms with Gasteiger partial charge in [-0.3, -0.25) is 0 Å². The summed E-state index contributed by atoms with van der Waals surface area (Å²) >= 11 is 1.60. The molecule has 0 aliphatic carbocycles. The second kappa shape index (κ2) is 4.22. The van der Waals surface area contributed by atoms with E-state index in [4.69, 9.17) is 5.73 Å². The number of aliphatic hydroxyl groups is 1. The molecule has 3 N–H and O–H groups in total. The Morgan fingerprint density at radius 1 is 1.54 bits per heavy atom. The van der Waals surface area contributed by atoms with Crippen LogP contribution in [0.25, 0.3) is 0 Å². The lowest BCUT2D eigenvalue weighted by molar-refractivity contribution is 0.00671. The maximum absolute atomic E-state index is 10.2. The molecule has 1 unspecified atom stereocenters. The van der Waals surface area contributed by atoms with E-state index in [0.717, 1.165) is 4.88 Å². The van der Waals surface area contributed by atoms with Gasteiger partial charge in [-0.1, -0.05) is 19.9 Å². The largest absolute Gasteiger partial charge is 0.388 e. The Labute approximate surface area is 83.4 Å². The van der Waals surface area contributed by atoms with Gasteiger partial charge in [0.25, 0.3) is 0 Å². The average molecular weight is 199 g/mol. The molecule has 0 spiro atoms. The summed E-state index contributed by atoms with van der Waals surface area (Å²) in [5.41, 5.74) is 5.25. The van der Waals surface area contributed by atoms with E-state index in [-0.39, 0.29) is 6.04 Å². The molecule has 13 heavy (non-hydrogen) atoms. The average Bonchev–Trinajstić information content (AvgIpc) is 2.68. The zero-order valence-corrected chi connectivity index (χ0v) is 8.97. The third-order valence-corrected chi connectivity index (χ3v) is 3.61. The standard InChI is InChI=1S/C10H17NOS/c1-3-10(12,4-2)9(11)8-6-5-7-13-8/h5-7,9,12H,3-4,11H2,1-2H3. The van der Waals surface area contributed by atoms with Crippen LogP contribution in [0.5, 0.6) is 0 Å². The summed E-state index contributed by atoms with van der Waals surface area (Å²) < 4.78 is 0. The molecule has 0 amide bonds. The van der Waals surface area contributed by atoms with Gasteiger partial charge in [-0.05, 0) is 24.3 Å². The van der Waals surface area contributed by atoms with Crippen LogP contribution in [0.1, 0.15) is 37.6 Å². The van der Waals surface area contributed by atoms with Crippen molar-refractivity contribution < 1.29 is 5.11 Å². The first-order valence-corrected chi connectivity index (χ1v) is 5.53. The quantitative estimate of drug-likeness (QED) is 0.781. The van der Waals surface area contributed by atoms with E-state index >= 15 is 0 Å². The van der Waals surface area contributed by atoms with Crippen LogP contribution in [0.3, 0.4) is 0 Å². The summed E-state index contributed by atoms with van der Waals surface area (Å²) in [6.07, 6.45) is 1.39. The Bertz CT molecular complexity index is 241. The van der Waals surface area contributed by atoms with Crippen molar-refractivity contribution in [3.8, 4) is 0 Å². The van der Waals surface area contributed by atoms with Gasteiger partial charge < -0.3 is 10.8 Å². The zero-order chi connectivity index (χ0) is 9.90. The summed E-state index contributed by atoms with van der Waals surface area (Å²) in [5, 5.41) is 12.1. The Morgan fingerprint density at radius 3 is 2.54 bits per heavy atom. The molecule has 1 heterocycles. The van der Waals surface area contributed by atoms with Crippen LogP contribution in [0, 0.1) is 0 Å². The number of nitrogens with two attached hydrogens (primary N) is 1. The molecular formula is C10H17NOS. The summed E-state index contributed by atoms with van der Waals surface area (Å²) in [4.78, 5) is 1.06. The Kier molecular flexibility index (Phi) is 3.47. The molecule has 3 heteroatoms. The molecule has 1 aromatic rings. The fourth-order valence-corrected chi connectivity index (χ4v) is 2.26. The topological polar surface area (TPSA) is 46.2 Å². The van der Waals surface area contributed by atoms with Crippen molar-refractivity contribution in [1.29, 1.82) is 0 Å². The highest BCUT2D eigenvalue weighted by Crippen LogP contribution is 2.31. The first-order chi connectivity index (χ1) is 6.14. The Morgan fingerprint density at radius 2 is 2.15 bits per heavy atom. The number of hydrogen-bond acceptors (Lipinski definition) is 3. The number of hydrogen-bond donors (Lipinski definition) is 2. The van der Waals surface area contributed by atoms with Crippen LogP contribution in [-0.4, -0.2) is 10.7 Å². The normalized spacial score (nSPS) is 14.5. The molecule has 0 saturated heterocycles. The van der Waals surface area contributed by atoms with E-state index in [1.54, 1.807) is 11.3 Å². The van der Waals surface area contributed by atoms with Crippen molar-refractivity contribution in [2.75, 3.05) is 0 Å². The van der Waals surface area contributed by atoms with E-state index in [0.29, 0.717) is 12.8 Å². The Balaban J connectivity index is 2.82. The molecule has 1 rings (SSSR count). The van der Waals surface area contributed by atoms with Crippen molar-refractivity contribution >= 4 is 11.3 Å². The molecular weight excluding hydrogens is 182 g/mol. The van der Waals surface area contributed by atoms with Gasteiger partial charge in [-0.2, -0.15) is 0 Å². The van der Waals surface area contributed by atoms with Gasteiger partial charge in [0.15, 0.2) is 0 Å². The van der Waals surface area contributed by atoms with Crippen molar-refractivity contribution in [2.45, 2.75) is 38.3 Å². The molecule has 1 aromatic heterocycles.